The first-order chi connectivity index (χ1) is 18.8. The van der Waals surface area contributed by atoms with Crippen molar-refractivity contribution in [3.63, 3.8) is 0 Å². The highest BCUT2D eigenvalue weighted by molar-refractivity contribution is 7.09. The lowest BCUT2D eigenvalue weighted by Crippen LogP contribution is -2.39. The quantitative estimate of drug-likeness (QED) is 0.234. The topological polar surface area (TPSA) is 129 Å². The van der Waals surface area contributed by atoms with Crippen molar-refractivity contribution >= 4 is 74.2 Å². The number of nitrogens with zero attached hydrogens (tertiary/aromatic N) is 5. The Bertz CT molecular complexity index is 1780. The molecule has 5 aromatic rings. The highest BCUT2D eigenvalue weighted by atomic mass is 35.5. The van der Waals surface area contributed by atoms with Crippen molar-refractivity contribution in [2.24, 2.45) is 13.0 Å². The lowest BCUT2D eigenvalue weighted by Gasteiger charge is -2.30. The number of aromatic amines is 1. The number of nitrogens with one attached hydrogen (secondary N) is 2. The SMILES string of the molecule is Cn1c(Nc2c(Cl)cccc2Cl)nc2ccc3nc(-c4csc(CC5CCCN(C(=O)O)C5)n4)[nH]c(=O)c3c21. The molecule has 39 heavy (non-hydrogen) atoms. The van der Waals surface area contributed by atoms with Crippen molar-refractivity contribution in [3.8, 4) is 11.5 Å². The molecule has 0 saturated carbocycles. The summed E-state index contributed by atoms with van der Waals surface area (Å²) in [6.07, 6.45) is 1.62. The summed E-state index contributed by atoms with van der Waals surface area (Å²) in [5.41, 5.74) is 2.57. The minimum Gasteiger partial charge on any atom is -0.465 e. The van der Waals surface area contributed by atoms with E-state index in [4.69, 9.17) is 33.2 Å². The van der Waals surface area contributed by atoms with Crippen molar-refractivity contribution in [1.29, 1.82) is 0 Å². The fourth-order valence-corrected chi connectivity index (χ4v) is 6.44. The maximum atomic E-state index is 13.4. The number of thiazole rings is 1. The van der Waals surface area contributed by atoms with Gasteiger partial charge in [-0.05, 0) is 43.0 Å². The van der Waals surface area contributed by atoms with E-state index in [1.807, 2.05) is 11.4 Å². The molecule has 1 atom stereocenters. The molecule has 0 bridgehead atoms. The van der Waals surface area contributed by atoms with Crippen LogP contribution in [0.5, 0.6) is 0 Å². The first-order valence-corrected chi connectivity index (χ1v) is 13.9. The van der Waals surface area contributed by atoms with E-state index >= 15 is 0 Å². The maximum Gasteiger partial charge on any atom is 0.407 e. The van der Waals surface area contributed by atoms with Crippen LogP contribution in [0.25, 0.3) is 33.5 Å². The molecule has 1 aliphatic heterocycles. The number of benzene rings is 2. The summed E-state index contributed by atoms with van der Waals surface area (Å²) in [5.74, 6) is 1.08. The number of piperidine rings is 1. The molecule has 1 amide bonds. The predicted octanol–water partition coefficient (Wildman–Crippen LogP) is 5.92. The molecule has 1 saturated heterocycles. The first kappa shape index (κ1) is 25.6. The van der Waals surface area contributed by atoms with Crippen molar-refractivity contribution < 1.29 is 9.90 Å². The first-order valence-electron chi connectivity index (χ1n) is 12.3. The second kappa shape index (κ2) is 10.1. The number of carboxylic acid groups (broad SMARTS) is 1. The Labute approximate surface area is 236 Å². The molecule has 1 fully saturated rings. The van der Waals surface area contributed by atoms with Crippen LogP contribution in [0.2, 0.25) is 10.0 Å². The number of aromatic nitrogens is 5. The monoisotopic (exact) mass is 583 g/mol. The van der Waals surface area contributed by atoms with Crippen LogP contribution in [0.4, 0.5) is 16.4 Å². The third-order valence-electron chi connectivity index (χ3n) is 6.95. The Morgan fingerprint density at radius 3 is 2.72 bits per heavy atom. The molecule has 10 nitrogen and oxygen atoms in total. The third kappa shape index (κ3) is 4.81. The summed E-state index contributed by atoms with van der Waals surface area (Å²) < 4.78 is 1.78. The van der Waals surface area contributed by atoms with Crippen molar-refractivity contribution in [2.75, 3.05) is 18.4 Å². The molecule has 0 radical (unpaired) electrons. The van der Waals surface area contributed by atoms with E-state index in [2.05, 4.69) is 15.3 Å². The van der Waals surface area contributed by atoms with Gasteiger partial charge in [0.25, 0.3) is 5.56 Å². The number of para-hydroxylation sites is 1. The number of anilines is 2. The molecule has 2 aromatic carbocycles. The Kier molecular flexibility index (Phi) is 6.66. The summed E-state index contributed by atoms with van der Waals surface area (Å²) in [6.45, 7) is 1.09. The van der Waals surface area contributed by atoms with Crippen LogP contribution in [0.3, 0.4) is 0 Å². The molecule has 3 aromatic heterocycles. The molecule has 4 heterocycles. The minimum atomic E-state index is -0.879. The van der Waals surface area contributed by atoms with Gasteiger partial charge in [0.15, 0.2) is 5.82 Å². The Balaban J connectivity index is 1.31. The third-order valence-corrected chi connectivity index (χ3v) is 8.45. The number of aryl methyl sites for hydroxylation is 1. The van der Waals surface area contributed by atoms with Gasteiger partial charge in [-0.3, -0.25) is 4.79 Å². The maximum absolute atomic E-state index is 13.4. The summed E-state index contributed by atoms with van der Waals surface area (Å²) >= 11 is 14.1. The standard InChI is InChI=1S/C26H23Cl2N7O3S/c1-34-22-17(31-25(34)32-21-14(27)5-2-6-15(21)28)8-7-16-20(22)24(36)33-23(30-16)18-12-39-19(29-18)10-13-4-3-9-35(11-13)26(37)38/h2,5-8,12-13H,3-4,9-11H2,1H3,(H,31,32)(H,37,38)(H,30,33,36). The van der Waals surface area contributed by atoms with Gasteiger partial charge in [0.05, 0.1) is 42.7 Å². The van der Waals surface area contributed by atoms with Crippen LogP contribution < -0.4 is 10.9 Å². The van der Waals surface area contributed by atoms with E-state index in [0.717, 1.165) is 17.8 Å². The summed E-state index contributed by atoms with van der Waals surface area (Å²) in [4.78, 5) is 43.1. The lowest BCUT2D eigenvalue weighted by atomic mass is 9.95. The average molecular weight is 584 g/mol. The number of fused-ring (bicyclic) bond motifs is 3. The number of amides is 1. The van der Waals surface area contributed by atoms with Crippen LogP contribution in [-0.4, -0.2) is 53.7 Å². The second-order valence-corrected chi connectivity index (χ2v) is 11.3. The van der Waals surface area contributed by atoms with Crippen LogP contribution in [0, 0.1) is 5.92 Å². The molecule has 3 N–H and O–H groups in total. The van der Waals surface area contributed by atoms with E-state index in [1.165, 1.54) is 16.2 Å². The zero-order valence-corrected chi connectivity index (χ0v) is 23.1. The Morgan fingerprint density at radius 1 is 1.18 bits per heavy atom. The molecular formula is C26H23Cl2N7O3S. The van der Waals surface area contributed by atoms with Gasteiger partial charge in [0.2, 0.25) is 5.95 Å². The van der Waals surface area contributed by atoms with Gasteiger partial charge in [-0.25, -0.2) is 19.7 Å². The van der Waals surface area contributed by atoms with Gasteiger partial charge in [-0.15, -0.1) is 11.3 Å². The van der Waals surface area contributed by atoms with E-state index in [1.54, 1.807) is 35.9 Å². The molecule has 200 valence electrons. The number of rotatable bonds is 5. The smallest absolute Gasteiger partial charge is 0.407 e. The van der Waals surface area contributed by atoms with Crippen molar-refractivity contribution in [1.82, 2.24) is 29.4 Å². The largest absolute Gasteiger partial charge is 0.465 e. The van der Waals surface area contributed by atoms with Crippen molar-refractivity contribution in [2.45, 2.75) is 19.3 Å². The highest BCUT2D eigenvalue weighted by Crippen LogP contribution is 2.34. The molecule has 1 aliphatic rings. The fourth-order valence-electron chi connectivity index (χ4n) is 5.06. The molecule has 0 aliphatic carbocycles. The molecule has 0 spiro atoms. The molecular weight excluding hydrogens is 561 g/mol. The number of hydrogen-bond donors (Lipinski definition) is 3. The van der Waals surface area contributed by atoms with Crippen LogP contribution in [0.1, 0.15) is 17.8 Å². The Morgan fingerprint density at radius 2 is 1.95 bits per heavy atom. The normalized spacial score (nSPS) is 15.8. The number of H-pyrrole nitrogens is 1. The molecule has 13 heteroatoms. The molecule has 1 unspecified atom stereocenters. The zero-order chi connectivity index (χ0) is 27.3. The van der Waals surface area contributed by atoms with Crippen LogP contribution in [-0.2, 0) is 13.5 Å². The number of halogens is 2. The van der Waals surface area contributed by atoms with E-state index in [0.29, 0.717) is 74.6 Å². The second-order valence-electron chi connectivity index (χ2n) is 9.53. The number of carbonyl (C=O) groups is 1. The van der Waals surface area contributed by atoms with Crippen LogP contribution in [0.15, 0.2) is 40.5 Å². The van der Waals surface area contributed by atoms with E-state index in [-0.39, 0.29) is 11.5 Å². The minimum absolute atomic E-state index is 0.221. The van der Waals surface area contributed by atoms with Gasteiger partial charge < -0.3 is 24.9 Å². The van der Waals surface area contributed by atoms with Crippen molar-refractivity contribution in [3.05, 3.63) is 61.1 Å². The average Bonchev–Trinajstić information content (AvgIpc) is 3.50. The Hall–Kier alpha value is -3.67. The number of imidazole rings is 1. The summed E-state index contributed by atoms with van der Waals surface area (Å²) in [5, 5.41) is 16.6. The van der Waals surface area contributed by atoms with E-state index in [9.17, 15) is 14.7 Å². The summed E-state index contributed by atoms with van der Waals surface area (Å²) in [6, 6.07) is 8.80. The van der Waals surface area contributed by atoms with Gasteiger partial charge in [-0.2, -0.15) is 0 Å². The van der Waals surface area contributed by atoms with Gasteiger partial charge >= 0.3 is 6.09 Å². The number of hydrogen-bond acceptors (Lipinski definition) is 7. The lowest BCUT2D eigenvalue weighted by molar-refractivity contribution is 0.120. The number of likely N-dealkylation sites (tertiary alicyclic amines) is 1. The zero-order valence-electron chi connectivity index (χ0n) is 20.7. The summed E-state index contributed by atoms with van der Waals surface area (Å²) in [7, 11) is 1.80. The van der Waals surface area contributed by atoms with Gasteiger partial charge in [-0.1, -0.05) is 29.3 Å². The van der Waals surface area contributed by atoms with E-state index < -0.39 is 6.09 Å². The predicted molar refractivity (Wildman–Crippen MR) is 154 cm³/mol. The highest BCUT2D eigenvalue weighted by Gasteiger charge is 2.24. The fraction of sp³-hybridized carbons (Fsp3) is 0.269. The van der Waals surface area contributed by atoms with Crippen LogP contribution >= 0.6 is 34.5 Å². The molecule has 6 rings (SSSR count). The van der Waals surface area contributed by atoms with Gasteiger partial charge in [0.1, 0.15) is 5.69 Å². The van der Waals surface area contributed by atoms with Gasteiger partial charge in [0, 0.05) is 31.9 Å².